The Hall–Kier alpha value is -4.12. The molecular weight excluding hydrogens is 392 g/mol. The maximum absolute atomic E-state index is 12.6. The molecule has 5 heteroatoms. The summed E-state index contributed by atoms with van der Waals surface area (Å²) in [5.41, 5.74) is 2.78. The van der Waals surface area contributed by atoms with Crippen LogP contribution in [0.2, 0.25) is 0 Å². The molecule has 0 fully saturated rings. The van der Waals surface area contributed by atoms with E-state index in [0.717, 1.165) is 10.9 Å². The van der Waals surface area contributed by atoms with Gasteiger partial charge < -0.3 is 13.6 Å². The number of hydrogen-bond acceptors (Lipinski definition) is 5. The fourth-order valence-electron chi connectivity index (χ4n) is 3.56. The van der Waals surface area contributed by atoms with E-state index in [1.165, 1.54) is 11.6 Å². The van der Waals surface area contributed by atoms with Gasteiger partial charge in [0.15, 0.2) is 0 Å². The van der Waals surface area contributed by atoms with Crippen LogP contribution in [-0.2, 0) is 6.61 Å². The standard InChI is InChI=1S/C26H18O5/c1-16-6-8-17(9-7-16)15-29-19-10-11-20-21(14-25(27)30-24(20)13-19)22-12-18-4-2-3-5-23(18)31-26(22)28/h2-14H,15H2,1H3. The lowest BCUT2D eigenvalue weighted by atomic mass is 10.0. The maximum Gasteiger partial charge on any atom is 0.344 e. The number of ether oxygens (including phenoxy) is 1. The first kappa shape index (κ1) is 18.9. The zero-order chi connectivity index (χ0) is 21.4. The summed E-state index contributed by atoms with van der Waals surface area (Å²) in [6, 6.07) is 23.6. The van der Waals surface area contributed by atoms with Crippen molar-refractivity contribution >= 4 is 21.9 Å². The maximum atomic E-state index is 12.6. The van der Waals surface area contributed by atoms with E-state index < -0.39 is 11.3 Å². The molecule has 5 aromatic rings. The molecule has 31 heavy (non-hydrogen) atoms. The van der Waals surface area contributed by atoms with Crippen molar-refractivity contribution in [1.82, 2.24) is 0 Å². The molecule has 3 aromatic carbocycles. The fourth-order valence-corrected chi connectivity index (χ4v) is 3.56. The number of fused-ring (bicyclic) bond motifs is 2. The molecule has 2 heterocycles. The van der Waals surface area contributed by atoms with Crippen LogP contribution in [-0.4, -0.2) is 0 Å². The van der Waals surface area contributed by atoms with Gasteiger partial charge in [0.2, 0.25) is 0 Å². The molecule has 0 radical (unpaired) electrons. The molecule has 0 N–H and O–H groups in total. The fraction of sp³-hybridized carbons (Fsp3) is 0.0769. The molecule has 5 rings (SSSR count). The molecular formula is C26H18O5. The Morgan fingerprint density at radius 1 is 0.774 bits per heavy atom. The predicted octanol–water partition coefficient (Wildman–Crippen LogP) is 5.45. The topological polar surface area (TPSA) is 69.7 Å². The SMILES string of the molecule is Cc1ccc(COc2ccc3c(-c4cc5ccccc5oc4=O)cc(=O)oc3c2)cc1. The minimum atomic E-state index is -0.550. The molecule has 0 unspecified atom stereocenters. The van der Waals surface area contributed by atoms with Crippen LogP contribution >= 0.6 is 0 Å². The molecule has 152 valence electrons. The summed E-state index contributed by atoms with van der Waals surface area (Å²) in [6.45, 7) is 2.42. The van der Waals surface area contributed by atoms with Crippen LogP contribution < -0.4 is 16.0 Å². The molecule has 5 nitrogen and oxygen atoms in total. The minimum Gasteiger partial charge on any atom is -0.489 e. The summed E-state index contributed by atoms with van der Waals surface area (Å²) in [6.07, 6.45) is 0. The molecule has 0 amide bonds. The lowest BCUT2D eigenvalue weighted by molar-refractivity contribution is 0.306. The van der Waals surface area contributed by atoms with Gasteiger partial charge in [0.1, 0.15) is 23.5 Å². The van der Waals surface area contributed by atoms with Crippen LogP contribution in [0.4, 0.5) is 0 Å². The van der Waals surface area contributed by atoms with Gasteiger partial charge in [0, 0.05) is 28.5 Å². The van der Waals surface area contributed by atoms with Crippen LogP contribution in [0, 0.1) is 6.92 Å². The van der Waals surface area contributed by atoms with E-state index >= 15 is 0 Å². The van der Waals surface area contributed by atoms with Gasteiger partial charge in [-0.15, -0.1) is 0 Å². The minimum absolute atomic E-state index is 0.310. The molecule has 0 saturated heterocycles. The summed E-state index contributed by atoms with van der Waals surface area (Å²) in [7, 11) is 0. The van der Waals surface area contributed by atoms with E-state index in [2.05, 4.69) is 0 Å². The van der Waals surface area contributed by atoms with E-state index in [1.54, 1.807) is 36.4 Å². The lowest BCUT2D eigenvalue weighted by Gasteiger charge is -2.09. The van der Waals surface area contributed by atoms with Crippen LogP contribution in [0.1, 0.15) is 11.1 Å². The van der Waals surface area contributed by atoms with E-state index in [0.29, 0.717) is 40.0 Å². The Balaban J connectivity index is 1.56. The second-order valence-corrected chi connectivity index (χ2v) is 7.40. The highest BCUT2D eigenvalue weighted by Crippen LogP contribution is 2.30. The van der Waals surface area contributed by atoms with Crippen molar-refractivity contribution in [3.8, 4) is 16.9 Å². The van der Waals surface area contributed by atoms with Crippen molar-refractivity contribution in [2.45, 2.75) is 13.5 Å². The molecule has 0 atom stereocenters. The van der Waals surface area contributed by atoms with Crippen molar-refractivity contribution in [3.05, 3.63) is 111 Å². The molecule has 0 aliphatic heterocycles. The smallest absolute Gasteiger partial charge is 0.344 e. The normalized spacial score (nSPS) is 11.1. The summed E-state index contributed by atoms with van der Waals surface area (Å²) >= 11 is 0. The number of hydrogen-bond donors (Lipinski definition) is 0. The van der Waals surface area contributed by atoms with Crippen molar-refractivity contribution in [3.63, 3.8) is 0 Å². The van der Waals surface area contributed by atoms with E-state index in [1.807, 2.05) is 43.3 Å². The largest absolute Gasteiger partial charge is 0.489 e. The predicted molar refractivity (Wildman–Crippen MR) is 119 cm³/mol. The first-order valence-electron chi connectivity index (χ1n) is 9.86. The summed E-state index contributed by atoms with van der Waals surface area (Å²) in [5, 5.41) is 1.40. The van der Waals surface area contributed by atoms with Gasteiger partial charge in [-0.2, -0.15) is 0 Å². The zero-order valence-electron chi connectivity index (χ0n) is 16.8. The first-order valence-corrected chi connectivity index (χ1v) is 9.86. The Bertz CT molecular complexity index is 1520. The van der Waals surface area contributed by atoms with Crippen LogP contribution in [0.3, 0.4) is 0 Å². The highest BCUT2D eigenvalue weighted by atomic mass is 16.5. The van der Waals surface area contributed by atoms with Crippen molar-refractivity contribution in [1.29, 1.82) is 0 Å². The van der Waals surface area contributed by atoms with Crippen molar-refractivity contribution in [2.24, 2.45) is 0 Å². The zero-order valence-corrected chi connectivity index (χ0v) is 16.8. The van der Waals surface area contributed by atoms with Gasteiger partial charge in [-0.1, -0.05) is 48.0 Å². The van der Waals surface area contributed by atoms with Gasteiger partial charge in [-0.3, -0.25) is 0 Å². The molecule has 0 saturated carbocycles. The van der Waals surface area contributed by atoms with Gasteiger partial charge in [0.25, 0.3) is 0 Å². The molecule has 0 spiro atoms. The van der Waals surface area contributed by atoms with Crippen molar-refractivity contribution < 1.29 is 13.6 Å². The van der Waals surface area contributed by atoms with E-state index in [9.17, 15) is 9.59 Å². The van der Waals surface area contributed by atoms with Gasteiger partial charge >= 0.3 is 11.3 Å². The van der Waals surface area contributed by atoms with Gasteiger partial charge in [0.05, 0.1) is 5.56 Å². The van der Waals surface area contributed by atoms with Crippen LogP contribution in [0.25, 0.3) is 33.1 Å². The second-order valence-electron chi connectivity index (χ2n) is 7.40. The Morgan fingerprint density at radius 2 is 1.58 bits per heavy atom. The number of aryl methyl sites for hydroxylation is 1. The van der Waals surface area contributed by atoms with E-state index in [4.69, 9.17) is 13.6 Å². The average molecular weight is 410 g/mol. The first-order chi connectivity index (χ1) is 15.1. The van der Waals surface area contributed by atoms with Crippen molar-refractivity contribution in [2.75, 3.05) is 0 Å². The molecule has 0 aliphatic rings. The third-order valence-corrected chi connectivity index (χ3v) is 5.17. The molecule has 0 bridgehead atoms. The second kappa shape index (κ2) is 7.61. The summed E-state index contributed by atoms with van der Waals surface area (Å²) in [4.78, 5) is 24.8. The van der Waals surface area contributed by atoms with Crippen LogP contribution in [0.15, 0.2) is 97.3 Å². The third kappa shape index (κ3) is 3.73. The highest BCUT2D eigenvalue weighted by molar-refractivity contribution is 5.95. The molecule has 0 aliphatic carbocycles. The van der Waals surface area contributed by atoms with Gasteiger partial charge in [-0.05, 0) is 36.8 Å². The number of benzene rings is 3. The average Bonchev–Trinajstić information content (AvgIpc) is 2.77. The number of para-hydroxylation sites is 1. The van der Waals surface area contributed by atoms with E-state index in [-0.39, 0.29) is 0 Å². The highest BCUT2D eigenvalue weighted by Gasteiger charge is 2.14. The molecule has 2 aromatic heterocycles. The lowest BCUT2D eigenvalue weighted by Crippen LogP contribution is -2.06. The number of rotatable bonds is 4. The summed E-state index contributed by atoms with van der Waals surface area (Å²) < 4.78 is 16.7. The monoisotopic (exact) mass is 410 g/mol. The third-order valence-electron chi connectivity index (χ3n) is 5.17. The Morgan fingerprint density at radius 3 is 2.42 bits per heavy atom. The Labute approximate surface area is 177 Å². The summed E-state index contributed by atoms with van der Waals surface area (Å²) in [5.74, 6) is 0.568. The van der Waals surface area contributed by atoms with Gasteiger partial charge in [-0.25, -0.2) is 9.59 Å². The van der Waals surface area contributed by atoms with Crippen LogP contribution in [0.5, 0.6) is 5.75 Å². The quantitative estimate of drug-likeness (QED) is 0.368. The Kier molecular flexibility index (Phi) is 4.64.